The van der Waals surface area contributed by atoms with Crippen LogP contribution in [0, 0.1) is 6.92 Å². The first-order valence-corrected chi connectivity index (χ1v) is 10.1. The number of nitrogens with one attached hydrogen (secondary N) is 1. The van der Waals surface area contributed by atoms with Gasteiger partial charge in [-0.3, -0.25) is 4.79 Å². The van der Waals surface area contributed by atoms with Gasteiger partial charge in [0.15, 0.2) is 0 Å². The number of carbonyl (C=O) groups excluding carboxylic acids is 1. The lowest BCUT2D eigenvalue weighted by Crippen LogP contribution is -2.34. The maximum Gasteiger partial charge on any atom is 0.264 e. The molecule has 5 nitrogen and oxygen atoms in total. The van der Waals surface area contributed by atoms with Crippen molar-refractivity contribution in [1.82, 2.24) is 4.72 Å². The molecule has 1 N–H and O–H groups in total. The largest absolute Gasteiger partial charge is 0.496 e. The third kappa shape index (κ3) is 3.30. The van der Waals surface area contributed by atoms with Gasteiger partial charge in [0, 0.05) is 4.47 Å². The summed E-state index contributed by atoms with van der Waals surface area (Å²) in [6.07, 6.45) is 1.21. The lowest BCUT2D eigenvalue weighted by atomic mass is 10.0. The van der Waals surface area contributed by atoms with Crippen molar-refractivity contribution >= 4 is 31.9 Å². The highest BCUT2D eigenvalue weighted by molar-refractivity contribution is 9.10. The number of fused-ring (bicyclic) bond motifs is 1. The zero-order valence-corrected chi connectivity index (χ0v) is 16.3. The molecule has 2 aromatic rings. The van der Waals surface area contributed by atoms with E-state index in [2.05, 4.69) is 20.7 Å². The standard InChI is InChI=1S/C18H18BrNO4S/c1-11-5-3-4-6-16(11)25(22,23)20-18(21)13-8-7-12-15(24-2)10-9-14(19)17(12)13/h3-6,9-10,13H,7-8H2,1-2H3,(H,20,21). The number of sulfonamides is 1. The quantitative estimate of drug-likeness (QED) is 0.818. The summed E-state index contributed by atoms with van der Waals surface area (Å²) in [5, 5.41) is 0. The second-order valence-electron chi connectivity index (χ2n) is 5.97. The van der Waals surface area contributed by atoms with E-state index in [1.54, 1.807) is 32.2 Å². The van der Waals surface area contributed by atoms with Gasteiger partial charge >= 0.3 is 0 Å². The number of benzene rings is 2. The van der Waals surface area contributed by atoms with Gasteiger partial charge in [-0.15, -0.1) is 0 Å². The fraction of sp³-hybridized carbons (Fsp3) is 0.278. The van der Waals surface area contributed by atoms with Crippen molar-refractivity contribution in [3.63, 3.8) is 0 Å². The van der Waals surface area contributed by atoms with E-state index in [9.17, 15) is 13.2 Å². The SMILES string of the molecule is COc1ccc(Br)c2c1CCC2C(=O)NS(=O)(=O)c1ccccc1C. The van der Waals surface area contributed by atoms with Crippen LogP contribution in [0.1, 0.15) is 29.0 Å². The minimum Gasteiger partial charge on any atom is -0.496 e. The van der Waals surface area contributed by atoms with Crippen molar-refractivity contribution in [3.8, 4) is 5.75 Å². The Morgan fingerprint density at radius 2 is 1.96 bits per heavy atom. The van der Waals surface area contributed by atoms with E-state index in [-0.39, 0.29) is 4.90 Å². The van der Waals surface area contributed by atoms with Crippen LogP contribution in [0.25, 0.3) is 0 Å². The topological polar surface area (TPSA) is 72.5 Å². The predicted octanol–water partition coefficient (Wildman–Crippen LogP) is 3.30. The monoisotopic (exact) mass is 423 g/mol. The molecule has 7 heteroatoms. The average Bonchev–Trinajstić information content (AvgIpc) is 3.01. The van der Waals surface area contributed by atoms with E-state index < -0.39 is 21.8 Å². The summed E-state index contributed by atoms with van der Waals surface area (Å²) in [5.74, 6) is -0.329. The number of methoxy groups -OCH3 is 1. The zero-order chi connectivity index (χ0) is 18.2. The number of hydrogen-bond donors (Lipinski definition) is 1. The Morgan fingerprint density at radius 1 is 1.24 bits per heavy atom. The minimum absolute atomic E-state index is 0.117. The molecule has 0 saturated heterocycles. The molecule has 0 heterocycles. The van der Waals surface area contributed by atoms with Crippen LogP contribution in [-0.4, -0.2) is 21.4 Å². The second-order valence-corrected chi connectivity index (χ2v) is 8.47. The molecule has 25 heavy (non-hydrogen) atoms. The molecule has 1 aliphatic rings. The van der Waals surface area contributed by atoms with Crippen LogP contribution in [0.5, 0.6) is 5.75 Å². The van der Waals surface area contributed by atoms with E-state index in [0.29, 0.717) is 18.4 Å². The molecule has 1 unspecified atom stereocenters. The van der Waals surface area contributed by atoms with Gasteiger partial charge in [0.05, 0.1) is 17.9 Å². The predicted molar refractivity (Wildman–Crippen MR) is 98.3 cm³/mol. The maximum absolute atomic E-state index is 12.7. The number of rotatable bonds is 4. The van der Waals surface area contributed by atoms with E-state index in [1.165, 1.54) is 6.07 Å². The van der Waals surface area contributed by atoms with Gasteiger partial charge in [0.2, 0.25) is 5.91 Å². The second kappa shape index (κ2) is 6.80. The van der Waals surface area contributed by atoms with Crippen LogP contribution in [0.15, 0.2) is 45.8 Å². The Labute approximate surface area is 155 Å². The van der Waals surface area contributed by atoms with Crippen molar-refractivity contribution in [2.45, 2.75) is 30.6 Å². The van der Waals surface area contributed by atoms with E-state index >= 15 is 0 Å². The summed E-state index contributed by atoms with van der Waals surface area (Å²) >= 11 is 3.47. The third-order valence-electron chi connectivity index (χ3n) is 4.45. The summed E-state index contributed by atoms with van der Waals surface area (Å²) in [4.78, 5) is 12.8. The van der Waals surface area contributed by atoms with Crippen molar-refractivity contribution in [2.24, 2.45) is 0 Å². The molecular formula is C18H18BrNO4S. The summed E-state index contributed by atoms with van der Waals surface area (Å²) in [6, 6.07) is 10.2. The zero-order valence-electron chi connectivity index (χ0n) is 13.9. The first-order chi connectivity index (χ1) is 11.8. The number of aryl methyl sites for hydroxylation is 1. The highest BCUT2D eigenvalue weighted by atomic mass is 79.9. The summed E-state index contributed by atoms with van der Waals surface area (Å²) < 4.78 is 33.5. The molecule has 2 aromatic carbocycles. The number of carbonyl (C=O) groups is 1. The maximum atomic E-state index is 12.7. The Bertz CT molecular complexity index is 940. The van der Waals surface area contributed by atoms with Crippen LogP contribution in [-0.2, 0) is 21.2 Å². The lowest BCUT2D eigenvalue weighted by molar-refractivity contribution is -0.120. The molecular weight excluding hydrogens is 406 g/mol. The molecule has 1 amide bonds. The Balaban J connectivity index is 1.91. The van der Waals surface area contributed by atoms with Gasteiger partial charge < -0.3 is 4.74 Å². The summed E-state index contributed by atoms with van der Waals surface area (Å²) in [6.45, 7) is 1.70. The van der Waals surface area contributed by atoms with E-state index in [1.807, 2.05) is 12.1 Å². The fourth-order valence-electron chi connectivity index (χ4n) is 3.25. The number of ether oxygens (including phenoxy) is 1. The van der Waals surface area contributed by atoms with E-state index in [4.69, 9.17) is 4.74 Å². The van der Waals surface area contributed by atoms with Gasteiger partial charge in [-0.2, -0.15) is 0 Å². The van der Waals surface area contributed by atoms with Crippen molar-refractivity contribution in [1.29, 1.82) is 0 Å². The molecule has 1 aliphatic carbocycles. The molecule has 132 valence electrons. The molecule has 0 bridgehead atoms. The highest BCUT2D eigenvalue weighted by Crippen LogP contribution is 2.42. The van der Waals surface area contributed by atoms with Crippen molar-refractivity contribution in [3.05, 3.63) is 57.6 Å². The molecule has 3 rings (SSSR count). The van der Waals surface area contributed by atoms with Crippen molar-refractivity contribution < 1.29 is 17.9 Å². The van der Waals surface area contributed by atoms with Gasteiger partial charge in [0.1, 0.15) is 5.75 Å². The molecule has 0 radical (unpaired) electrons. The Hall–Kier alpha value is -1.86. The average molecular weight is 424 g/mol. The highest BCUT2D eigenvalue weighted by Gasteiger charge is 2.34. The number of hydrogen-bond acceptors (Lipinski definition) is 4. The summed E-state index contributed by atoms with van der Waals surface area (Å²) in [7, 11) is -2.32. The van der Waals surface area contributed by atoms with Crippen LogP contribution in [0.2, 0.25) is 0 Å². The molecule has 1 atom stereocenters. The van der Waals surface area contributed by atoms with Crippen LogP contribution in [0.3, 0.4) is 0 Å². The number of halogens is 1. The molecule has 0 aromatic heterocycles. The summed E-state index contributed by atoms with van der Waals surface area (Å²) in [5.41, 5.74) is 2.35. The van der Waals surface area contributed by atoms with Crippen LogP contribution >= 0.6 is 15.9 Å². The van der Waals surface area contributed by atoms with Gasteiger partial charge in [-0.1, -0.05) is 34.1 Å². The van der Waals surface area contributed by atoms with Gasteiger partial charge in [-0.05, 0) is 54.7 Å². The third-order valence-corrected chi connectivity index (χ3v) is 6.65. The van der Waals surface area contributed by atoms with Crippen LogP contribution in [0.4, 0.5) is 0 Å². The van der Waals surface area contributed by atoms with Gasteiger partial charge in [0.25, 0.3) is 10.0 Å². The Kier molecular flexibility index (Phi) is 4.88. The molecule has 0 spiro atoms. The fourth-order valence-corrected chi connectivity index (χ4v) is 5.17. The molecule has 0 aliphatic heterocycles. The van der Waals surface area contributed by atoms with Crippen molar-refractivity contribution in [2.75, 3.05) is 7.11 Å². The first kappa shape index (κ1) is 17.9. The number of amides is 1. The Morgan fingerprint density at radius 3 is 2.64 bits per heavy atom. The van der Waals surface area contributed by atoms with E-state index in [0.717, 1.165) is 21.3 Å². The first-order valence-electron chi connectivity index (χ1n) is 7.82. The minimum atomic E-state index is -3.90. The van der Waals surface area contributed by atoms with Gasteiger partial charge in [-0.25, -0.2) is 13.1 Å². The molecule has 0 saturated carbocycles. The lowest BCUT2D eigenvalue weighted by Gasteiger charge is -2.16. The van der Waals surface area contributed by atoms with Crippen LogP contribution < -0.4 is 9.46 Å². The molecule has 0 fully saturated rings. The smallest absolute Gasteiger partial charge is 0.264 e. The normalized spacial score (nSPS) is 16.4.